The number of phenolic OH excluding ortho intramolecular Hbond substituents is 1. The second-order valence-electron chi connectivity index (χ2n) is 6.70. The minimum atomic E-state index is -0.452. The molecule has 0 unspecified atom stereocenters. The number of Topliss-reactive ketones (excluding diaryl/α,β-unsaturated/α-hetero) is 1. The van der Waals surface area contributed by atoms with Crippen LogP contribution in [-0.4, -0.2) is 57.6 Å². The number of nitrogens with zero attached hydrogens (tertiary/aromatic N) is 3. The Labute approximate surface area is 157 Å². The molecule has 2 aromatic rings. The van der Waals surface area contributed by atoms with Crippen molar-refractivity contribution in [3.05, 3.63) is 59.9 Å². The van der Waals surface area contributed by atoms with Crippen molar-refractivity contribution in [2.24, 2.45) is 5.92 Å². The molecule has 1 saturated heterocycles. The van der Waals surface area contributed by atoms with E-state index in [-0.39, 0.29) is 36.3 Å². The number of ketones is 1. The van der Waals surface area contributed by atoms with Gasteiger partial charge >= 0.3 is 0 Å². The number of likely N-dealkylation sites (tertiary alicyclic amines) is 1. The zero-order valence-electron chi connectivity index (χ0n) is 15.0. The van der Waals surface area contributed by atoms with E-state index in [2.05, 4.69) is 4.98 Å². The van der Waals surface area contributed by atoms with E-state index in [1.165, 1.54) is 29.2 Å². The van der Waals surface area contributed by atoms with Crippen molar-refractivity contribution in [3.8, 4) is 5.75 Å². The highest BCUT2D eigenvalue weighted by Crippen LogP contribution is 2.22. The number of hydrogen-bond donors (Lipinski definition) is 1. The van der Waals surface area contributed by atoms with Crippen LogP contribution in [0.5, 0.6) is 5.75 Å². The molecule has 0 saturated carbocycles. The number of phenols is 1. The van der Waals surface area contributed by atoms with E-state index >= 15 is 0 Å². The minimum absolute atomic E-state index is 0.0725. The van der Waals surface area contributed by atoms with Gasteiger partial charge in [-0.25, -0.2) is 0 Å². The van der Waals surface area contributed by atoms with Crippen LogP contribution in [0, 0.1) is 5.92 Å². The quantitative estimate of drug-likeness (QED) is 0.781. The number of benzene rings is 1. The first-order valence-corrected chi connectivity index (χ1v) is 8.68. The van der Waals surface area contributed by atoms with E-state index in [1.807, 2.05) is 6.07 Å². The van der Waals surface area contributed by atoms with E-state index in [9.17, 15) is 19.5 Å². The first-order valence-electron chi connectivity index (χ1n) is 8.68. The van der Waals surface area contributed by atoms with Crippen molar-refractivity contribution >= 4 is 17.6 Å². The number of amides is 2. The summed E-state index contributed by atoms with van der Waals surface area (Å²) in [6.07, 6.45) is 3.52. The number of aromatic hydroxyl groups is 1. The lowest BCUT2D eigenvalue weighted by atomic mass is 10.1. The highest BCUT2D eigenvalue weighted by atomic mass is 16.3. The van der Waals surface area contributed by atoms with E-state index < -0.39 is 5.92 Å². The van der Waals surface area contributed by atoms with Crippen LogP contribution >= 0.6 is 0 Å². The maximum absolute atomic E-state index is 12.7. The Morgan fingerprint density at radius 1 is 1.26 bits per heavy atom. The lowest BCUT2D eigenvalue weighted by molar-refractivity contribution is -0.134. The molecular formula is C20H21N3O4. The summed E-state index contributed by atoms with van der Waals surface area (Å²) in [5, 5.41) is 9.29. The van der Waals surface area contributed by atoms with Crippen LogP contribution in [0.25, 0.3) is 0 Å². The SMILES string of the molecule is CN(CC(=O)c1ccc(O)cc1)C(=O)[C@@H]1CC(=O)N(Cc2cccnc2)C1. The van der Waals surface area contributed by atoms with E-state index in [0.29, 0.717) is 18.7 Å². The van der Waals surface area contributed by atoms with Crippen LogP contribution in [0.15, 0.2) is 48.8 Å². The summed E-state index contributed by atoms with van der Waals surface area (Å²) in [5.41, 5.74) is 1.34. The Morgan fingerprint density at radius 2 is 2.00 bits per heavy atom. The van der Waals surface area contributed by atoms with Crippen LogP contribution in [0.1, 0.15) is 22.3 Å². The summed E-state index contributed by atoms with van der Waals surface area (Å²) >= 11 is 0. The summed E-state index contributed by atoms with van der Waals surface area (Å²) in [4.78, 5) is 44.2. The number of likely N-dealkylation sites (N-methyl/N-ethyl adjacent to an activating group) is 1. The van der Waals surface area contributed by atoms with Crippen molar-refractivity contribution in [2.75, 3.05) is 20.1 Å². The molecule has 0 radical (unpaired) electrons. The highest BCUT2D eigenvalue weighted by Gasteiger charge is 2.36. The lowest BCUT2D eigenvalue weighted by Crippen LogP contribution is -2.37. The van der Waals surface area contributed by atoms with Crippen molar-refractivity contribution < 1.29 is 19.5 Å². The molecule has 1 aromatic carbocycles. The van der Waals surface area contributed by atoms with Gasteiger partial charge in [-0.2, -0.15) is 0 Å². The van der Waals surface area contributed by atoms with Crippen LogP contribution in [0.3, 0.4) is 0 Å². The smallest absolute Gasteiger partial charge is 0.228 e. The number of pyridine rings is 1. The normalized spacial score (nSPS) is 16.4. The van der Waals surface area contributed by atoms with Crippen LogP contribution in [-0.2, 0) is 16.1 Å². The molecule has 0 bridgehead atoms. The van der Waals surface area contributed by atoms with Crippen molar-refractivity contribution in [1.82, 2.24) is 14.8 Å². The molecule has 2 heterocycles. The Balaban J connectivity index is 1.57. The number of aromatic nitrogens is 1. The fourth-order valence-corrected chi connectivity index (χ4v) is 3.15. The van der Waals surface area contributed by atoms with Gasteiger partial charge in [0.15, 0.2) is 5.78 Å². The molecule has 1 aliphatic heterocycles. The van der Waals surface area contributed by atoms with Gasteiger partial charge in [-0.15, -0.1) is 0 Å². The second-order valence-corrected chi connectivity index (χ2v) is 6.70. The summed E-state index contributed by atoms with van der Waals surface area (Å²) < 4.78 is 0. The van der Waals surface area contributed by atoms with Crippen LogP contribution in [0.2, 0.25) is 0 Å². The maximum atomic E-state index is 12.7. The van der Waals surface area contributed by atoms with Gasteiger partial charge in [0, 0.05) is 44.5 Å². The summed E-state index contributed by atoms with van der Waals surface area (Å²) in [5.74, 6) is -0.886. The molecule has 1 N–H and O–H groups in total. The Kier molecular flexibility index (Phi) is 5.49. The fourth-order valence-electron chi connectivity index (χ4n) is 3.15. The van der Waals surface area contributed by atoms with Crippen molar-refractivity contribution in [1.29, 1.82) is 0 Å². The molecule has 3 rings (SSSR count). The summed E-state index contributed by atoms with van der Waals surface area (Å²) in [6, 6.07) is 9.59. The Hall–Kier alpha value is -3.22. The van der Waals surface area contributed by atoms with Gasteiger partial charge < -0.3 is 14.9 Å². The van der Waals surface area contributed by atoms with E-state index in [1.54, 1.807) is 30.4 Å². The van der Waals surface area contributed by atoms with E-state index in [4.69, 9.17) is 0 Å². The first-order chi connectivity index (χ1) is 12.9. The Morgan fingerprint density at radius 3 is 2.67 bits per heavy atom. The molecule has 140 valence electrons. The topological polar surface area (TPSA) is 90.8 Å². The number of hydrogen-bond acceptors (Lipinski definition) is 5. The molecular weight excluding hydrogens is 346 g/mol. The minimum Gasteiger partial charge on any atom is -0.508 e. The zero-order chi connectivity index (χ0) is 19.4. The molecule has 2 amide bonds. The summed E-state index contributed by atoms with van der Waals surface area (Å²) in [6.45, 7) is 0.688. The molecule has 7 heteroatoms. The second kappa shape index (κ2) is 7.99. The highest BCUT2D eigenvalue weighted by molar-refractivity contribution is 6.00. The van der Waals surface area contributed by atoms with Gasteiger partial charge in [0.25, 0.3) is 0 Å². The van der Waals surface area contributed by atoms with Gasteiger partial charge in [-0.05, 0) is 35.9 Å². The van der Waals surface area contributed by atoms with Gasteiger partial charge in [0.2, 0.25) is 11.8 Å². The van der Waals surface area contributed by atoms with E-state index in [0.717, 1.165) is 5.56 Å². The summed E-state index contributed by atoms with van der Waals surface area (Å²) in [7, 11) is 1.56. The lowest BCUT2D eigenvalue weighted by Gasteiger charge is -2.21. The number of carbonyl (C=O) groups is 3. The third-order valence-corrected chi connectivity index (χ3v) is 4.61. The van der Waals surface area contributed by atoms with Crippen LogP contribution < -0.4 is 0 Å². The number of rotatable bonds is 6. The predicted molar refractivity (Wildman–Crippen MR) is 97.8 cm³/mol. The average molecular weight is 367 g/mol. The van der Waals surface area contributed by atoms with Crippen LogP contribution in [0.4, 0.5) is 0 Å². The van der Waals surface area contributed by atoms with Crippen molar-refractivity contribution in [3.63, 3.8) is 0 Å². The molecule has 1 fully saturated rings. The molecule has 1 aliphatic rings. The molecule has 1 aromatic heterocycles. The molecule has 1 atom stereocenters. The fraction of sp³-hybridized carbons (Fsp3) is 0.300. The Bertz CT molecular complexity index is 836. The van der Waals surface area contributed by atoms with Gasteiger partial charge in [-0.3, -0.25) is 19.4 Å². The van der Waals surface area contributed by atoms with Gasteiger partial charge in [0.1, 0.15) is 5.75 Å². The third kappa shape index (κ3) is 4.49. The molecule has 0 aliphatic carbocycles. The number of carbonyl (C=O) groups excluding carboxylic acids is 3. The van der Waals surface area contributed by atoms with Gasteiger partial charge in [-0.1, -0.05) is 6.07 Å². The standard InChI is InChI=1S/C20H21N3O4/c1-22(13-18(25)15-4-6-17(24)7-5-15)20(27)16-9-19(26)23(12-16)11-14-3-2-8-21-10-14/h2-8,10,16,24H,9,11-13H2,1H3/t16-/m1/s1. The first kappa shape index (κ1) is 18.6. The molecule has 27 heavy (non-hydrogen) atoms. The third-order valence-electron chi connectivity index (χ3n) is 4.61. The van der Waals surface area contributed by atoms with Gasteiger partial charge in [0.05, 0.1) is 12.5 Å². The molecule has 7 nitrogen and oxygen atoms in total. The monoisotopic (exact) mass is 367 g/mol. The van der Waals surface area contributed by atoms with Crippen molar-refractivity contribution in [2.45, 2.75) is 13.0 Å². The average Bonchev–Trinajstić information content (AvgIpc) is 3.02. The maximum Gasteiger partial charge on any atom is 0.228 e. The molecule has 0 spiro atoms. The zero-order valence-corrected chi connectivity index (χ0v) is 15.0. The largest absolute Gasteiger partial charge is 0.508 e. The predicted octanol–water partition coefficient (Wildman–Crippen LogP) is 1.48.